The minimum atomic E-state index is -0.125. The molecule has 4 aromatic rings. The fraction of sp³-hybridized carbons (Fsp3) is 0.0769. The average molecular weight is 573 g/mol. The zero-order valence-electron chi connectivity index (χ0n) is 16.8. The van der Waals surface area contributed by atoms with Crippen LogP contribution in [0.1, 0.15) is 13.8 Å². The van der Waals surface area contributed by atoms with E-state index in [0.29, 0.717) is 0 Å². The maximum Gasteiger partial charge on any atom is 0.155 e. The van der Waals surface area contributed by atoms with E-state index in [-0.39, 0.29) is 31.6 Å². The van der Waals surface area contributed by atoms with Crippen LogP contribution in [0.4, 0.5) is 0 Å². The van der Waals surface area contributed by atoms with Crippen LogP contribution in [0.25, 0.3) is 33.2 Å². The summed E-state index contributed by atoms with van der Waals surface area (Å²) in [6.07, 6.45) is 3.02. The summed E-state index contributed by atoms with van der Waals surface area (Å²) >= 11 is 0. The Kier molecular flexibility index (Phi) is 8.67. The van der Waals surface area contributed by atoms with Gasteiger partial charge in [-0.05, 0) is 36.4 Å². The summed E-state index contributed by atoms with van der Waals surface area (Å²) in [5.74, 6) is -0.0625. The summed E-state index contributed by atoms with van der Waals surface area (Å²) in [4.78, 5) is 14.6. The molecule has 0 saturated heterocycles. The minimum Gasteiger partial charge on any atom is -0.512 e. The summed E-state index contributed by atoms with van der Waals surface area (Å²) in [5.41, 5.74) is 4.38. The first kappa shape index (κ1) is 23.2. The third-order valence-corrected chi connectivity index (χ3v) is 4.26. The second-order valence-electron chi connectivity index (χ2n) is 6.63. The first-order valence-electron chi connectivity index (χ1n) is 9.33. The second-order valence-corrected chi connectivity index (χ2v) is 6.63. The molecule has 0 unspecified atom stereocenters. The first-order valence-corrected chi connectivity index (χ1v) is 9.33. The van der Waals surface area contributed by atoms with Gasteiger partial charge >= 0.3 is 0 Å². The molecule has 1 aromatic heterocycles. The number of aliphatic hydroxyl groups is 1. The molecule has 0 saturated carbocycles. The Morgan fingerprint density at radius 3 is 2.20 bits per heavy atom. The van der Waals surface area contributed by atoms with E-state index in [1.807, 2.05) is 36.5 Å². The number of allylic oxidation sites excluding steroid dienone is 2. The second kappa shape index (κ2) is 11.2. The van der Waals surface area contributed by atoms with Crippen molar-refractivity contribution in [2.45, 2.75) is 13.8 Å². The number of carbonyl (C=O) groups is 1. The SMILES string of the molecule is CC(=O)C=C(C)O.[Ir].[c-]1cc(-c2ccccc2)ccc1-c1nccc2ccccc12. The fourth-order valence-corrected chi connectivity index (χ4v) is 3.01. The normalized spacial score (nSPS) is 10.5. The minimum absolute atomic E-state index is 0. The van der Waals surface area contributed by atoms with E-state index in [2.05, 4.69) is 59.6 Å². The summed E-state index contributed by atoms with van der Waals surface area (Å²) in [7, 11) is 0. The molecular weight excluding hydrogens is 551 g/mol. The van der Waals surface area contributed by atoms with E-state index in [9.17, 15) is 4.79 Å². The Bertz CT molecular complexity index is 1130. The molecule has 0 spiro atoms. The quantitative estimate of drug-likeness (QED) is 0.176. The zero-order valence-corrected chi connectivity index (χ0v) is 19.2. The third kappa shape index (κ3) is 6.21. The van der Waals surface area contributed by atoms with Crippen molar-refractivity contribution in [3.63, 3.8) is 0 Å². The van der Waals surface area contributed by atoms with Gasteiger partial charge in [-0.15, -0.1) is 29.8 Å². The number of rotatable bonds is 3. The van der Waals surface area contributed by atoms with E-state index < -0.39 is 0 Å². The van der Waals surface area contributed by atoms with Crippen molar-refractivity contribution < 1.29 is 30.0 Å². The molecule has 0 amide bonds. The molecule has 1 heterocycles. The number of aliphatic hydroxyl groups excluding tert-OH is 1. The number of pyridine rings is 1. The summed E-state index contributed by atoms with van der Waals surface area (Å²) in [5, 5.41) is 10.7. The van der Waals surface area contributed by atoms with Crippen LogP contribution in [-0.2, 0) is 24.9 Å². The van der Waals surface area contributed by atoms with Crippen LogP contribution in [0.3, 0.4) is 0 Å². The number of benzene rings is 3. The van der Waals surface area contributed by atoms with Gasteiger partial charge in [-0.25, -0.2) is 0 Å². The van der Waals surface area contributed by atoms with Gasteiger partial charge in [0.1, 0.15) is 0 Å². The molecule has 4 rings (SSSR count). The number of hydrogen-bond acceptors (Lipinski definition) is 3. The summed E-state index contributed by atoms with van der Waals surface area (Å²) < 4.78 is 0. The number of hydrogen-bond donors (Lipinski definition) is 1. The molecule has 0 aliphatic carbocycles. The molecule has 30 heavy (non-hydrogen) atoms. The van der Waals surface area contributed by atoms with E-state index in [4.69, 9.17) is 5.11 Å². The zero-order chi connectivity index (χ0) is 20.6. The van der Waals surface area contributed by atoms with Crippen LogP contribution in [-0.4, -0.2) is 15.9 Å². The van der Waals surface area contributed by atoms with Crippen molar-refractivity contribution in [1.29, 1.82) is 0 Å². The first-order chi connectivity index (χ1) is 14.0. The smallest absolute Gasteiger partial charge is 0.155 e. The van der Waals surface area contributed by atoms with Crippen LogP contribution < -0.4 is 0 Å². The Morgan fingerprint density at radius 1 is 0.900 bits per heavy atom. The third-order valence-electron chi connectivity index (χ3n) is 4.26. The van der Waals surface area contributed by atoms with Crippen molar-refractivity contribution in [2.24, 2.45) is 0 Å². The van der Waals surface area contributed by atoms with Crippen LogP contribution in [0.15, 0.2) is 96.9 Å². The van der Waals surface area contributed by atoms with Gasteiger partial charge < -0.3 is 10.1 Å². The number of nitrogens with zero attached hydrogens (tertiary/aromatic N) is 1. The van der Waals surface area contributed by atoms with E-state index in [0.717, 1.165) is 16.6 Å². The Hall–Kier alpha value is -3.07. The average Bonchev–Trinajstić information content (AvgIpc) is 2.74. The molecule has 0 atom stereocenters. The van der Waals surface area contributed by atoms with Crippen LogP contribution in [0.2, 0.25) is 0 Å². The summed E-state index contributed by atoms with van der Waals surface area (Å²) in [6, 6.07) is 30.3. The van der Waals surface area contributed by atoms with Gasteiger partial charge in [-0.1, -0.05) is 65.7 Å². The topological polar surface area (TPSA) is 50.2 Å². The Balaban J connectivity index is 0.000000350. The molecular formula is C26H22IrNO2-. The standard InChI is InChI=1S/C21H14N.C5H8O2.Ir/c1-2-6-16(7-3-1)17-10-12-19(13-11-17)21-20-9-5-4-8-18(20)14-15-22-21;1-4(6)3-5(2)7;/h1-12,14-15H;3,6H,1-2H3;/q-1;;. The van der Waals surface area contributed by atoms with Crippen LogP contribution >= 0.6 is 0 Å². The molecule has 3 nitrogen and oxygen atoms in total. The number of ketones is 1. The molecule has 0 aliphatic heterocycles. The molecule has 1 N–H and O–H groups in total. The number of aromatic nitrogens is 1. The number of carbonyl (C=O) groups excluding carboxylic acids is 1. The predicted octanol–water partition coefficient (Wildman–Crippen LogP) is 6.40. The van der Waals surface area contributed by atoms with Crippen molar-refractivity contribution >= 4 is 16.6 Å². The van der Waals surface area contributed by atoms with Gasteiger partial charge in [0.15, 0.2) is 5.78 Å². The fourth-order valence-electron chi connectivity index (χ4n) is 3.01. The van der Waals surface area contributed by atoms with Gasteiger partial charge in [0.2, 0.25) is 0 Å². The van der Waals surface area contributed by atoms with Gasteiger partial charge in [0, 0.05) is 32.4 Å². The van der Waals surface area contributed by atoms with E-state index in [1.54, 1.807) is 0 Å². The molecule has 4 heteroatoms. The van der Waals surface area contributed by atoms with Crippen LogP contribution in [0, 0.1) is 6.07 Å². The molecule has 0 fully saturated rings. The van der Waals surface area contributed by atoms with Gasteiger partial charge in [-0.2, -0.15) is 0 Å². The van der Waals surface area contributed by atoms with Crippen molar-refractivity contribution in [2.75, 3.05) is 0 Å². The molecule has 1 radical (unpaired) electrons. The molecule has 3 aromatic carbocycles. The van der Waals surface area contributed by atoms with E-state index in [1.165, 1.54) is 36.4 Å². The van der Waals surface area contributed by atoms with Gasteiger partial charge in [0.05, 0.1) is 5.76 Å². The maximum absolute atomic E-state index is 10.0. The summed E-state index contributed by atoms with van der Waals surface area (Å²) in [6.45, 7) is 2.85. The van der Waals surface area contributed by atoms with Crippen LogP contribution in [0.5, 0.6) is 0 Å². The maximum atomic E-state index is 10.0. The van der Waals surface area contributed by atoms with Gasteiger partial charge in [-0.3, -0.25) is 4.79 Å². The Morgan fingerprint density at radius 2 is 1.60 bits per heavy atom. The van der Waals surface area contributed by atoms with E-state index >= 15 is 0 Å². The predicted molar refractivity (Wildman–Crippen MR) is 119 cm³/mol. The largest absolute Gasteiger partial charge is 0.512 e. The number of fused-ring (bicyclic) bond motifs is 1. The Labute approximate surface area is 190 Å². The van der Waals surface area contributed by atoms with Crippen molar-refractivity contribution in [3.05, 3.63) is 103 Å². The van der Waals surface area contributed by atoms with Crippen molar-refractivity contribution in [3.8, 4) is 22.4 Å². The molecule has 0 aliphatic rings. The molecule has 0 bridgehead atoms. The van der Waals surface area contributed by atoms with Gasteiger partial charge in [0.25, 0.3) is 0 Å². The van der Waals surface area contributed by atoms with Crippen molar-refractivity contribution in [1.82, 2.24) is 4.98 Å². The molecule has 153 valence electrons. The monoisotopic (exact) mass is 573 g/mol.